The summed E-state index contributed by atoms with van der Waals surface area (Å²) in [6.45, 7) is 12.2. The Kier molecular flexibility index (Phi) is 10.3. The Labute approximate surface area is 243 Å². The highest BCUT2D eigenvalue weighted by molar-refractivity contribution is 8.16. The Morgan fingerprint density at radius 1 is 0.692 bits per heavy atom. The van der Waals surface area contributed by atoms with Crippen LogP contribution in [-0.2, 0) is 49.6 Å². The Bertz CT molecular complexity index is 1050. The fourth-order valence-electron chi connectivity index (χ4n) is 5.68. The fraction of sp³-hybridized carbons (Fsp3) is 0.792. The first-order valence-corrected chi connectivity index (χ1v) is 19.2. The zero-order valence-corrected chi connectivity index (χ0v) is 26.9. The minimum Gasteiger partial charge on any atom is -0.379 e. The lowest BCUT2D eigenvalue weighted by Gasteiger charge is -2.46. The lowest BCUT2D eigenvalue weighted by atomic mass is 10.4. The standard InChI is InChI=1S/C24H43N7O4P2S2/c1-26(2)25-21-22-23(36(38,28-4-12-32-13-5-28)29-6-14-33-15-7-29)20-24(27(22)3)37(39,30-8-16-34-17-9-30)31-10-18-35-19-11-31/h20-21H,4-19H2,1-3H3/b25-21-. The first kappa shape index (κ1) is 30.2. The smallest absolute Gasteiger partial charge is 0.123 e. The van der Waals surface area contributed by atoms with Gasteiger partial charge in [0.05, 0.1) is 70.2 Å². The molecule has 1 aromatic heterocycles. The van der Waals surface area contributed by atoms with Gasteiger partial charge in [-0.05, 0) is 6.07 Å². The highest BCUT2D eigenvalue weighted by Gasteiger charge is 2.43. The van der Waals surface area contributed by atoms with Crippen molar-refractivity contribution in [3.63, 3.8) is 0 Å². The van der Waals surface area contributed by atoms with Gasteiger partial charge < -0.3 is 28.5 Å². The lowest BCUT2D eigenvalue weighted by Crippen LogP contribution is -2.47. The van der Waals surface area contributed by atoms with E-state index in [2.05, 4.69) is 36.4 Å². The number of ether oxygens (including phenoxy) is 4. The molecule has 11 nitrogen and oxygen atoms in total. The van der Waals surface area contributed by atoms with Gasteiger partial charge in [-0.3, -0.25) is 18.7 Å². The normalized spacial score (nSPS) is 24.0. The first-order chi connectivity index (χ1) is 18.9. The highest BCUT2D eigenvalue weighted by atomic mass is 32.4. The van der Waals surface area contributed by atoms with Crippen LogP contribution < -0.4 is 10.7 Å². The molecule has 4 fully saturated rings. The lowest BCUT2D eigenvalue weighted by molar-refractivity contribution is 0.0588. The van der Waals surface area contributed by atoms with E-state index in [1.807, 2.05) is 25.3 Å². The number of aromatic nitrogens is 1. The van der Waals surface area contributed by atoms with E-state index in [0.717, 1.165) is 58.1 Å². The summed E-state index contributed by atoms with van der Waals surface area (Å²) in [7, 11) is 6.05. The van der Waals surface area contributed by atoms with Crippen LogP contribution in [0.2, 0.25) is 0 Å². The van der Waals surface area contributed by atoms with Crippen molar-refractivity contribution in [2.75, 3.05) is 119 Å². The van der Waals surface area contributed by atoms with Crippen LogP contribution in [0.1, 0.15) is 5.69 Å². The van der Waals surface area contributed by atoms with E-state index in [0.29, 0.717) is 52.9 Å². The molecule has 0 atom stereocenters. The summed E-state index contributed by atoms with van der Waals surface area (Å²) < 4.78 is 35.4. The molecule has 0 unspecified atom stereocenters. The molecule has 220 valence electrons. The van der Waals surface area contributed by atoms with Crippen molar-refractivity contribution in [3.8, 4) is 0 Å². The molecule has 1 aromatic rings. The minimum atomic E-state index is -2.38. The van der Waals surface area contributed by atoms with Gasteiger partial charge in [0, 0.05) is 78.8 Å². The second kappa shape index (κ2) is 13.4. The zero-order valence-electron chi connectivity index (χ0n) is 23.4. The Morgan fingerprint density at radius 2 is 1.05 bits per heavy atom. The van der Waals surface area contributed by atoms with E-state index in [-0.39, 0.29) is 0 Å². The van der Waals surface area contributed by atoms with Crippen LogP contribution in [0, 0.1) is 0 Å². The molecule has 0 amide bonds. The van der Waals surface area contributed by atoms with Crippen LogP contribution in [0.15, 0.2) is 11.2 Å². The zero-order chi connectivity index (χ0) is 27.5. The molecule has 0 aliphatic carbocycles. The highest BCUT2D eigenvalue weighted by Crippen LogP contribution is 2.57. The van der Waals surface area contributed by atoms with E-state index in [1.165, 1.54) is 10.7 Å². The van der Waals surface area contributed by atoms with E-state index in [1.54, 1.807) is 0 Å². The molecule has 5 rings (SSSR count). The summed E-state index contributed by atoms with van der Waals surface area (Å²) in [5.41, 5.74) is 2.23. The largest absolute Gasteiger partial charge is 0.379 e. The topological polar surface area (TPSA) is 70.4 Å². The van der Waals surface area contributed by atoms with Crippen molar-refractivity contribution in [2.24, 2.45) is 12.1 Å². The average Bonchev–Trinajstić information content (AvgIpc) is 3.33. The van der Waals surface area contributed by atoms with Crippen molar-refractivity contribution in [1.82, 2.24) is 28.3 Å². The maximum Gasteiger partial charge on any atom is 0.123 e. The van der Waals surface area contributed by atoms with Crippen LogP contribution in [0.5, 0.6) is 0 Å². The van der Waals surface area contributed by atoms with Gasteiger partial charge in [0.2, 0.25) is 0 Å². The number of nitrogens with zero attached hydrogens (tertiary/aromatic N) is 7. The molecule has 5 heterocycles. The summed E-state index contributed by atoms with van der Waals surface area (Å²) in [6, 6.07) is 2.37. The van der Waals surface area contributed by atoms with E-state index >= 15 is 0 Å². The Morgan fingerprint density at radius 3 is 1.41 bits per heavy atom. The quantitative estimate of drug-likeness (QED) is 0.227. The third-order valence-corrected chi connectivity index (χ3v) is 18.3. The summed E-state index contributed by atoms with van der Waals surface area (Å²) in [4.78, 5) is 0. The second-order valence-corrected chi connectivity index (χ2v) is 18.7. The molecule has 0 spiro atoms. The summed E-state index contributed by atoms with van der Waals surface area (Å²) in [5.74, 6) is 0. The van der Waals surface area contributed by atoms with Crippen molar-refractivity contribution in [1.29, 1.82) is 0 Å². The van der Waals surface area contributed by atoms with Gasteiger partial charge >= 0.3 is 0 Å². The Hall–Kier alpha value is -0.270. The maximum atomic E-state index is 6.86. The number of hydrogen-bond donors (Lipinski definition) is 0. The van der Waals surface area contributed by atoms with Crippen LogP contribution in [0.3, 0.4) is 0 Å². The molecule has 39 heavy (non-hydrogen) atoms. The molecule has 0 aromatic carbocycles. The van der Waals surface area contributed by atoms with E-state index < -0.39 is 12.7 Å². The van der Waals surface area contributed by atoms with E-state index in [4.69, 9.17) is 47.7 Å². The van der Waals surface area contributed by atoms with Gasteiger partial charge in [-0.1, -0.05) is 23.6 Å². The third kappa shape index (κ3) is 6.12. The molecular weight excluding hydrogens is 576 g/mol. The number of rotatable bonds is 8. The van der Waals surface area contributed by atoms with Gasteiger partial charge in [-0.15, -0.1) is 0 Å². The molecule has 0 radical (unpaired) electrons. The third-order valence-electron chi connectivity index (χ3n) is 7.74. The van der Waals surface area contributed by atoms with E-state index in [9.17, 15) is 0 Å². The van der Waals surface area contributed by atoms with Gasteiger partial charge in [-0.25, -0.2) is 0 Å². The number of hydrazone groups is 1. The fourth-order valence-corrected chi connectivity index (χ4v) is 15.0. The van der Waals surface area contributed by atoms with Gasteiger partial charge in [0.15, 0.2) is 0 Å². The van der Waals surface area contributed by atoms with Gasteiger partial charge in [-0.2, -0.15) is 5.10 Å². The van der Waals surface area contributed by atoms with Gasteiger partial charge in [0.25, 0.3) is 0 Å². The summed E-state index contributed by atoms with van der Waals surface area (Å²) in [6.07, 6.45) is -2.75. The molecule has 4 aliphatic rings. The molecule has 0 N–H and O–H groups in total. The molecule has 15 heteroatoms. The van der Waals surface area contributed by atoms with Crippen LogP contribution >= 0.6 is 12.7 Å². The number of hydrogen-bond acceptors (Lipinski definition) is 8. The first-order valence-electron chi connectivity index (χ1n) is 13.8. The average molecular weight is 620 g/mol. The van der Waals surface area contributed by atoms with Crippen LogP contribution in [-0.4, -0.2) is 154 Å². The summed E-state index contributed by atoms with van der Waals surface area (Å²) >= 11 is 13.7. The predicted molar refractivity (Wildman–Crippen MR) is 164 cm³/mol. The minimum absolute atomic E-state index is 0.697. The van der Waals surface area contributed by atoms with Crippen molar-refractivity contribution in [3.05, 3.63) is 11.8 Å². The van der Waals surface area contributed by atoms with Crippen molar-refractivity contribution < 1.29 is 18.9 Å². The summed E-state index contributed by atoms with van der Waals surface area (Å²) in [5, 5.41) is 7.74. The SMILES string of the molecule is CN(C)/N=C\c1c(P(=S)(N2CCOCC2)N2CCOCC2)cc(P(=S)(N2CCOCC2)N2CCOCC2)n1C. The monoisotopic (exact) mass is 619 g/mol. The number of morpholine rings is 4. The van der Waals surface area contributed by atoms with Crippen LogP contribution in [0.25, 0.3) is 0 Å². The molecule has 0 bridgehead atoms. The molecular formula is C24H43N7O4P2S2. The second-order valence-electron chi connectivity index (χ2n) is 10.3. The Balaban J connectivity index is 1.69. The maximum absolute atomic E-state index is 6.86. The molecule has 4 aliphatic heterocycles. The predicted octanol–water partition coefficient (Wildman–Crippen LogP) is 0.119. The van der Waals surface area contributed by atoms with Crippen LogP contribution in [0.4, 0.5) is 0 Å². The van der Waals surface area contributed by atoms with Crippen molar-refractivity contribution >= 4 is 53.2 Å². The molecule has 0 saturated carbocycles. The molecule has 4 saturated heterocycles. The van der Waals surface area contributed by atoms with Gasteiger partial charge in [0.1, 0.15) is 12.7 Å². The van der Waals surface area contributed by atoms with Crippen molar-refractivity contribution in [2.45, 2.75) is 0 Å².